The lowest BCUT2D eigenvalue weighted by atomic mass is 10.1. The number of rotatable bonds is 2. The van der Waals surface area contributed by atoms with Gasteiger partial charge in [-0.2, -0.15) is 0 Å². The van der Waals surface area contributed by atoms with Crippen molar-refractivity contribution in [3.63, 3.8) is 0 Å². The van der Waals surface area contributed by atoms with Gasteiger partial charge in [-0.15, -0.1) is 0 Å². The summed E-state index contributed by atoms with van der Waals surface area (Å²) >= 11 is 0. The molecule has 14 heavy (non-hydrogen) atoms. The first-order valence-corrected chi connectivity index (χ1v) is 4.10. The predicted octanol–water partition coefficient (Wildman–Crippen LogP) is 0.283. The zero-order valence-corrected chi connectivity index (χ0v) is 8.30. The van der Waals surface area contributed by atoms with Crippen molar-refractivity contribution >= 4 is 5.91 Å². The highest BCUT2D eigenvalue weighted by Gasteiger charge is 2.11. The minimum absolute atomic E-state index is 0.0509. The second-order valence-electron chi connectivity index (χ2n) is 2.96. The Morgan fingerprint density at radius 2 is 2.14 bits per heavy atom. The molecular formula is C9H12N2O3. The average Bonchev–Trinajstić information content (AvgIpc) is 2.11. The van der Waals surface area contributed by atoms with Crippen molar-refractivity contribution in [3.8, 4) is 0 Å². The smallest absolute Gasteiger partial charge is 0.280 e. The molecule has 0 radical (unpaired) electrons. The van der Waals surface area contributed by atoms with Crippen LogP contribution in [0.15, 0.2) is 10.9 Å². The highest BCUT2D eigenvalue weighted by atomic mass is 16.6. The number of nitrogens with one attached hydrogen (secondary N) is 2. The zero-order chi connectivity index (χ0) is 10.7. The summed E-state index contributed by atoms with van der Waals surface area (Å²) in [4.78, 5) is 29.6. The van der Waals surface area contributed by atoms with Gasteiger partial charge in [0.1, 0.15) is 5.56 Å². The molecule has 0 aliphatic heterocycles. The van der Waals surface area contributed by atoms with E-state index in [1.807, 2.05) is 6.92 Å². The fourth-order valence-corrected chi connectivity index (χ4v) is 1.04. The minimum atomic E-state index is -0.545. The number of pyridine rings is 1. The van der Waals surface area contributed by atoms with E-state index in [1.54, 1.807) is 6.92 Å². The van der Waals surface area contributed by atoms with Crippen molar-refractivity contribution in [2.45, 2.75) is 13.8 Å². The van der Waals surface area contributed by atoms with Crippen LogP contribution in [0.3, 0.4) is 0 Å². The van der Waals surface area contributed by atoms with E-state index in [9.17, 15) is 9.59 Å². The molecule has 5 heteroatoms. The molecule has 5 nitrogen and oxygen atoms in total. The summed E-state index contributed by atoms with van der Waals surface area (Å²) in [5.41, 5.74) is 3.33. The average molecular weight is 196 g/mol. The summed E-state index contributed by atoms with van der Waals surface area (Å²) in [6.45, 7) is 3.59. The van der Waals surface area contributed by atoms with Crippen LogP contribution in [0.25, 0.3) is 0 Å². The molecule has 0 saturated carbocycles. The first-order valence-electron chi connectivity index (χ1n) is 4.10. The lowest BCUT2D eigenvalue weighted by molar-refractivity contribution is 0.0536. The maximum atomic E-state index is 11.3. The number of amides is 1. The van der Waals surface area contributed by atoms with E-state index in [4.69, 9.17) is 0 Å². The summed E-state index contributed by atoms with van der Waals surface area (Å²) in [6.07, 6.45) is 0. The Balaban J connectivity index is 3.16. The molecule has 0 aromatic carbocycles. The number of aromatic nitrogens is 1. The summed E-state index contributed by atoms with van der Waals surface area (Å²) in [5, 5.41) is 0. The van der Waals surface area contributed by atoms with Crippen LogP contribution in [0.5, 0.6) is 0 Å². The van der Waals surface area contributed by atoms with Crippen LogP contribution in [0.4, 0.5) is 0 Å². The molecule has 0 aliphatic rings. The van der Waals surface area contributed by atoms with E-state index in [0.29, 0.717) is 0 Å². The lowest BCUT2D eigenvalue weighted by Crippen LogP contribution is -2.29. The highest BCUT2D eigenvalue weighted by Crippen LogP contribution is 2.02. The Morgan fingerprint density at radius 3 is 2.71 bits per heavy atom. The maximum Gasteiger partial charge on any atom is 0.280 e. The molecule has 1 heterocycles. The first kappa shape index (κ1) is 10.5. The Labute approximate surface area is 81.1 Å². The molecule has 0 bridgehead atoms. The van der Waals surface area contributed by atoms with E-state index < -0.39 is 11.5 Å². The van der Waals surface area contributed by atoms with Gasteiger partial charge < -0.3 is 4.98 Å². The molecule has 1 aromatic rings. The van der Waals surface area contributed by atoms with Gasteiger partial charge >= 0.3 is 0 Å². The van der Waals surface area contributed by atoms with Gasteiger partial charge in [-0.1, -0.05) is 0 Å². The monoisotopic (exact) mass is 196 g/mol. The molecule has 0 fully saturated rings. The Morgan fingerprint density at radius 1 is 1.50 bits per heavy atom. The number of aromatic amines is 1. The van der Waals surface area contributed by atoms with Gasteiger partial charge in [-0.05, 0) is 25.5 Å². The van der Waals surface area contributed by atoms with Gasteiger partial charge in [-0.25, -0.2) is 5.48 Å². The Hall–Kier alpha value is -1.62. The highest BCUT2D eigenvalue weighted by molar-refractivity contribution is 5.93. The van der Waals surface area contributed by atoms with Crippen LogP contribution < -0.4 is 11.0 Å². The molecule has 0 spiro atoms. The second-order valence-corrected chi connectivity index (χ2v) is 2.96. The van der Waals surface area contributed by atoms with Crippen molar-refractivity contribution in [3.05, 3.63) is 33.2 Å². The van der Waals surface area contributed by atoms with Gasteiger partial charge in [0.15, 0.2) is 0 Å². The minimum Gasteiger partial charge on any atom is -0.326 e. The van der Waals surface area contributed by atoms with Crippen LogP contribution in [0, 0.1) is 13.8 Å². The third kappa shape index (κ3) is 2.00. The van der Waals surface area contributed by atoms with Gasteiger partial charge in [0.05, 0.1) is 7.11 Å². The van der Waals surface area contributed by atoms with Gasteiger partial charge in [0.2, 0.25) is 0 Å². The quantitative estimate of drug-likeness (QED) is 0.667. The first-order chi connectivity index (χ1) is 6.56. The Bertz CT molecular complexity index is 409. The van der Waals surface area contributed by atoms with Crippen molar-refractivity contribution in [1.29, 1.82) is 0 Å². The molecule has 0 unspecified atom stereocenters. The van der Waals surface area contributed by atoms with E-state index in [-0.39, 0.29) is 5.56 Å². The number of aryl methyl sites for hydroxylation is 2. The van der Waals surface area contributed by atoms with Gasteiger partial charge in [-0.3, -0.25) is 14.4 Å². The standard InChI is InChI=1S/C9H12N2O3/c1-5-4-7(9(13)11-14-3)8(12)10-6(5)2/h4H,1-3H3,(H,10,12)(H,11,13). The topological polar surface area (TPSA) is 71.2 Å². The normalized spacial score (nSPS) is 9.93. The number of H-pyrrole nitrogens is 1. The third-order valence-corrected chi connectivity index (χ3v) is 1.94. The van der Waals surface area contributed by atoms with E-state index in [1.165, 1.54) is 13.2 Å². The fraction of sp³-hybridized carbons (Fsp3) is 0.333. The number of hydrogen-bond donors (Lipinski definition) is 2. The van der Waals surface area contributed by atoms with Crippen molar-refractivity contribution in [2.75, 3.05) is 7.11 Å². The van der Waals surface area contributed by atoms with E-state index >= 15 is 0 Å². The Kier molecular flexibility index (Phi) is 3.03. The zero-order valence-electron chi connectivity index (χ0n) is 8.30. The third-order valence-electron chi connectivity index (χ3n) is 1.94. The van der Waals surface area contributed by atoms with Crippen LogP contribution in [-0.2, 0) is 4.84 Å². The largest absolute Gasteiger partial charge is 0.326 e. The maximum absolute atomic E-state index is 11.3. The molecular weight excluding hydrogens is 184 g/mol. The molecule has 0 aliphatic carbocycles. The number of carbonyl (C=O) groups is 1. The molecule has 1 rings (SSSR count). The summed E-state index contributed by atoms with van der Waals surface area (Å²) in [6, 6.07) is 1.53. The van der Waals surface area contributed by atoms with E-state index in [2.05, 4.69) is 15.3 Å². The summed E-state index contributed by atoms with van der Waals surface area (Å²) in [5.74, 6) is -0.545. The molecule has 1 amide bonds. The summed E-state index contributed by atoms with van der Waals surface area (Å²) < 4.78 is 0. The van der Waals surface area contributed by atoms with Crippen molar-refractivity contribution < 1.29 is 9.63 Å². The van der Waals surface area contributed by atoms with Crippen LogP contribution >= 0.6 is 0 Å². The van der Waals surface area contributed by atoms with Crippen LogP contribution in [0.1, 0.15) is 21.6 Å². The summed E-state index contributed by atoms with van der Waals surface area (Å²) in [7, 11) is 1.31. The molecule has 1 aromatic heterocycles. The van der Waals surface area contributed by atoms with Gasteiger partial charge in [0, 0.05) is 5.69 Å². The predicted molar refractivity (Wildman–Crippen MR) is 51.0 cm³/mol. The van der Waals surface area contributed by atoms with Crippen molar-refractivity contribution in [1.82, 2.24) is 10.5 Å². The SMILES string of the molecule is CONC(=O)c1cc(C)c(C)[nH]c1=O. The van der Waals surface area contributed by atoms with Crippen LogP contribution in [-0.4, -0.2) is 18.0 Å². The number of hydrogen-bond acceptors (Lipinski definition) is 3. The van der Waals surface area contributed by atoms with E-state index in [0.717, 1.165) is 11.3 Å². The second kappa shape index (κ2) is 4.06. The van der Waals surface area contributed by atoms with Crippen molar-refractivity contribution in [2.24, 2.45) is 0 Å². The number of carbonyl (C=O) groups excluding carboxylic acids is 1. The lowest BCUT2D eigenvalue weighted by Gasteiger charge is -2.04. The molecule has 0 atom stereocenters. The van der Waals surface area contributed by atoms with Crippen LogP contribution in [0.2, 0.25) is 0 Å². The number of hydroxylamine groups is 1. The molecule has 76 valence electrons. The van der Waals surface area contributed by atoms with Gasteiger partial charge in [0.25, 0.3) is 11.5 Å². The fourth-order valence-electron chi connectivity index (χ4n) is 1.04. The molecule has 2 N–H and O–H groups in total. The molecule has 0 saturated heterocycles.